The van der Waals surface area contributed by atoms with Gasteiger partial charge in [0.15, 0.2) is 22.6 Å². The molecule has 0 saturated carbocycles. The molecule has 0 saturated heterocycles. The van der Waals surface area contributed by atoms with Crippen molar-refractivity contribution < 1.29 is 13.3 Å². The molecule has 20 rings (SSSR count). The quantitative estimate of drug-likeness (QED) is 0.166. The maximum atomic E-state index is 6.76. The van der Waals surface area contributed by atoms with Crippen molar-refractivity contribution in [1.29, 1.82) is 0 Å². The van der Waals surface area contributed by atoms with Gasteiger partial charge in [0.05, 0.1) is 44.3 Å². The topological polar surface area (TPSA) is 80.0 Å². The van der Waals surface area contributed by atoms with Gasteiger partial charge in [-0.3, -0.25) is 0 Å². The minimum atomic E-state index is 0.621. The van der Waals surface area contributed by atoms with Crippen LogP contribution >= 0.6 is 0 Å². The van der Waals surface area contributed by atoms with Crippen molar-refractivity contribution in [2.45, 2.75) is 0 Å². The molecule has 0 fully saturated rings. The number of furan rings is 3. The fourth-order valence-corrected chi connectivity index (χ4v) is 14.5. The van der Waals surface area contributed by atoms with Crippen LogP contribution < -0.4 is 0 Å². The van der Waals surface area contributed by atoms with E-state index in [4.69, 9.17) is 23.2 Å². The number of rotatable bonds is 6. The average Bonchev–Trinajstić information content (AvgIpc) is 1.65. The van der Waals surface area contributed by atoms with Gasteiger partial charge in [0.1, 0.15) is 16.7 Å². The number of benzene rings is 13. The molecule has 0 N–H and O–H groups in total. The largest absolute Gasteiger partial charge is 0.454 e. The minimum absolute atomic E-state index is 0.621. The molecule has 7 heterocycles. The van der Waals surface area contributed by atoms with Crippen LogP contribution in [0.25, 0.3) is 193 Å². The number of aromatic nitrogens is 5. The number of hydrogen-bond donors (Lipinski definition) is 0. The summed E-state index contributed by atoms with van der Waals surface area (Å²) < 4.78 is 27.3. The molecule has 0 radical (unpaired) electrons. The van der Waals surface area contributed by atoms with Gasteiger partial charge in [-0.05, 0) is 114 Å². The first-order valence-electron chi connectivity index (χ1n) is 29.8. The summed E-state index contributed by atoms with van der Waals surface area (Å²) in [5.74, 6) is 0.621. The van der Waals surface area contributed by atoms with Crippen molar-refractivity contribution in [3.05, 3.63) is 273 Å². The van der Waals surface area contributed by atoms with E-state index in [0.717, 1.165) is 182 Å². The molecular weight excluding hydrogens is 1080 g/mol. The fourth-order valence-electron chi connectivity index (χ4n) is 14.5. The van der Waals surface area contributed by atoms with Crippen LogP contribution in [0.3, 0.4) is 0 Å². The lowest BCUT2D eigenvalue weighted by molar-refractivity contribution is 0.670. The Bertz CT molecular complexity index is 6380. The minimum Gasteiger partial charge on any atom is -0.454 e. The number of para-hydroxylation sites is 6. The lowest BCUT2D eigenvalue weighted by Gasteiger charge is -2.14. The average molecular weight is 1120 g/mol. The van der Waals surface area contributed by atoms with Crippen LogP contribution in [0.5, 0.6) is 0 Å². The molecule has 0 aliphatic carbocycles. The third kappa shape index (κ3) is 6.62. The van der Waals surface area contributed by atoms with E-state index in [0.29, 0.717) is 5.82 Å². The monoisotopic (exact) mass is 1120 g/mol. The number of fused-ring (bicyclic) bond motifs is 22. The SMILES string of the molecule is c1cc(-c2ccc3nc(-c4cccc(-n5c6ccccc6c6ccc7c8ccccc8oc7c65)c4)nc(-c4ccc(-n5c6ccccc6c6ccc7c8ccccc8oc7c65)cc4)c3c2)cc(-n2c3ccccc3c3ccc4c5ccccc5oc4c32)c1. The zero-order valence-electron chi connectivity index (χ0n) is 46.9. The third-order valence-corrected chi connectivity index (χ3v) is 18.4. The number of nitrogens with zero attached hydrogens (tertiary/aromatic N) is 5. The van der Waals surface area contributed by atoms with Crippen LogP contribution in [0.4, 0.5) is 0 Å². The van der Waals surface area contributed by atoms with E-state index in [2.05, 4.69) is 262 Å². The molecule has 408 valence electrons. The van der Waals surface area contributed by atoms with Crippen LogP contribution in [0, 0.1) is 0 Å². The predicted octanol–water partition coefficient (Wildman–Crippen LogP) is 21.6. The molecule has 88 heavy (non-hydrogen) atoms. The van der Waals surface area contributed by atoms with Gasteiger partial charge in [0.2, 0.25) is 0 Å². The van der Waals surface area contributed by atoms with Crippen LogP contribution in [0.1, 0.15) is 0 Å². The van der Waals surface area contributed by atoms with Crippen molar-refractivity contribution in [1.82, 2.24) is 23.7 Å². The van der Waals surface area contributed by atoms with Crippen molar-refractivity contribution in [2.75, 3.05) is 0 Å². The standard InChI is InChI=1S/C80H45N5O3/c1-7-25-67-53(19-1)59-36-39-62-56-22-4-10-28-70(56)86-77(62)74(59)83(67)50-34-31-46(32-35-50)73-65-45-48(47-15-13-17-51(43-47)84-68-26-8-2-20-54(68)60-37-40-63-57-23-5-11-29-71(57)87-78(63)75(60)84)33-42-66(65)81-80(82-73)49-16-14-18-52(44-49)85-69-27-9-3-21-55(69)61-38-41-64-58-24-6-12-30-72(58)88-79(64)76(61)85/h1-45H. The van der Waals surface area contributed by atoms with E-state index >= 15 is 0 Å². The van der Waals surface area contributed by atoms with E-state index in [1.807, 2.05) is 24.3 Å². The zero-order valence-corrected chi connectivity index (χ0v) is 46.9. The number of hydrogen-bond acceptors (Lipinski definition) is 5. The van der Waals surface area contributed by atoms with Crippen molar-refractivity contribution in [3.8, 4) is 50.8 Å². The first kappa shape index (κ1) is 47.4. The zero-order chi connectivity index (χ0) is 57.3. The Kier molecular flexibility index (Phi) is 9.57. The summed E-state index contributed by atoms with van der Waals surface area (Å²) in [4.78, 5) is 11.1. The van der Waals surface area contributed by atoms with Gasteiger partial charge in [-0.2, -0.15) is 0 Å². The highest BCUT2D eigenvalue weighted by Gasteiger charge is 2.24. The van der Waals surface area contributed by atoms with Gasteiger partial charge in [-0.15, -0.1) is 0 Å². The molecule has 0 amide bonds. The Balaban J connectivity index is 0.782. The second-order valence-corrected chi connectivity index (χ2v) is 23.1. The van der Waals surface area contributed by atoms with E-state index in [9.17, 15) is 0 Å². The van der Waals surface area contributed by atoms with Crippen LogP contribution in [0.2, 0.25) is 0 Å². The molecule has 0 bridgehead atoms. The van der Waals surface area contributed by atoms with E-state index in [1.165, 1.54) is 5.39 Å². The predicted molar refractivity (Wildman–Crippen MR) is 361 cm³/mol. The van der Waals surface area contributed by atoms with Crippen molar-refractivity contribution in [2.24, 2.45) is 0 Å². The Labute approximate surface area is 500 Å². The van der Waals surface area contributed by atoms with Gasteiger partial charge < -0.3 is 27.0 Å². The van der Waals surface area contributed by atoms with E-state index in [-0.39, 0.29) is 0 Å². The molecule has 0 spiro atoms. The maximum Gasteiger partial charge on any atom is 0.160 e. The highest BCUT2D eigenvalue weighted by molar-refractivity contribution is 6.24. The summed E-state index contributed by atoms with van der Waals surface area (Å²) in [5, 5.41) is 14.4. The summed E-state index contributed by atoms with van der Waals surface area (Å²) in [5.41, 5.74) is 20.3. The fraction of sp³-hybridized carbons (Fsp3) is 0. The smallest absolute Gasteiger partial charge is 0.160 e. The van der Waals surface area contributed by atoms with Gasteiger partial charge in [-0.25, -0.2) is 9.97 Å². The Hall–Kier alpha value is -12.0. The molecule has 0 aliphatic rings. The molecule has 8 heteroatoms. The molecule has 0 aliphatic heterocycles. The normalized spacial score (nSPS) is 12.3. The van der Waals surface area contributed by atoms with Crippen LogP contribution in [-0.2, 0) is 0 Å². The summed E-state index contributed by atoms with van der Waals surface area (Å²) >= 11 is 0. The summed E-state index contributed by atoms with van der Waals surface area (Å²) in [6.45, 7) is 0. The second kappa shape index (κ2) is 17.8. The first-order chi connectivity index (χ1) is 43.6. The molecule has 13 aromatic carbocycles. The second-order valence-electron chi connectivity index (χ2n) is 23.1. The first-order valence-corrected chi connectivity index (χ1v) is 29.8. The van der Waals surface area contributed by atoms with Gasteiger partial charge in [-0.1, -0.05) is 170 Å². The molecular formula is C80H45N5O3. The molecule has 20 aromatic rings. The third-order valence-electron chi connectivity index (χ3n) is 18.4. The van der Waals surface area contributed by atoms with E-state index in [1.54, 1.807) is 0 Å². The Morgan fingerprint density at radius 2 is 0.625 bits per heavy atom. The van der Waals surface area contributed by atoms with Crippen LogP contribution in [-0.4, -0.2) is 23.7 Å². The van der Waals surface area contributed by atoms with Crippen molar-refractivity contribution >= 4 is 142 Å². The highest BCUT2D eigenvalue weighted by Crippen LogP contribution is 2.45. The van der Waals surface area contributed by atoms with Gasteiger partial charge >= 0.3 is 0 Å². The molecule has 8 nitrogen and oxygen atoms in total. The lowest BCUT2D eigenvalue weighted by atomic mass is 9.99. The summed E-state index contributed by atoms with van der Waals surface area (Å²) in [7, 11) is 0. The Morgan fingerprint density at radius 3 is 1.11 bits per heavy atom. The summed E-state index contributed by atoms with van der Waals surface area (Å²) in [6.07, 6.45) is 0. The molecule has 0 atom stereocenters. The highest BCUT2D eigenvalue weighted by atomic mass is 16.3. The van der Waals surface area contributed by atoms with Gasteiger partial charge in [0, 0.05) is 98.2 Å². The van der Waals surface area contributed by atoms with Crippen molar-refractivity contribution in [3.63, 3.8) is 0 Å². The summed E-state index contributed by atoms with van der Waals surface area (Å²) in [6, 6.07) is 97.1. The lowest BCUT2D eigenvalue weighted by Crippen LogP contribution is -1.99. The van der Waals surface area contributed by atoms with Crippen LogP contribution in [0.15, 0.2) is 286 Å². The Morgan fingerprint density at radius 1 is 0.239 bits per heavy atom. The molecule has 0 unspecified atom stereocenters. The maximum absolute atomic E-state index is 6.76. The molecule has 7 aromatic heterocycles. The van der Waals surface area contributed by atoms with E-state index < -0.39 is 0 Å². The van der Waals surface area contributed by atoms with Gasteiger partial charge in [0.25, 0.3) is 0 Å².